The highest BCUT2D eigenvalue weighted by Gasteiger charge is 2.37. The van der Waals surface area contributed by atoms with Crippen molar-refractivity contribution in [2.75, 3.05) is 0 Å². The predicted molar refractivity (Wildman–Crippen MR) is 184 cm³/mol. The molecule has 5 aromatic rings. The number of para-hydroxylation sites is 4. The minimum atomic E-state index is -0.0672. The van der Waals surface area contributed by atoms with E-state index in [0.29, 0.717) is 0 Å². The number of benzene rings is 3. The van der Waals surface area contributed by atoms with E-state index in [1.807, 2.05) is 0 Å². The molecule has 0 atom stereocenters. The number of halogens is 1. The molecule has 0 bridgehead atoms. The van der Waals surface area contributed by atoms with Gasteiger partial charge in [-0.25, -0.2) is 9.97 Å². The quantitative estimate of drug-likeness (QED) is 0.197. The molecule has 2 aromatic heterocycles. The van der Waals surface area contributed by atoms with Crippen molar-refractivity contribution in [1.29, 1.82) is 0 Å². The van der Waals surface area contributed by atoms with Crippen LogP contribution in [-0.2, 0) is 16.5 Å². The van der Waals surface area contributed by atoms with Crippen molar-refractivity contribution < 1.29 is 0 Å². The van der Waals surface area contributed by atoms with E-state index in [9.17, 15) is 0 Å². The minimum absolute atomic E-state index is 0.0248. The van der Waals surface area contributed by atoms with Gasteiger partial charge in [-0.2, -0.15) is 0 Å². The van der Waals surface area contributed by atoms with Crippen molar-refractivity contribution in [2.45, 2.75) is 115 Å². The van der Waals surface area contributed by atoms with Gasteiger partial charge in [0.15, 0.2) is 0 Å². The summed E-state index contributed by atoms with van der Waals surface area (Å²) in [6.07, 6.45) is 12.4. The Bertz CT molecular complexity index is 1810. The lowest BCUT2D eigenvalue weighted by molar-refractivity contribution is 0.227. The van der Waals surface area contributed by atoms with Gasteiger partial charge in [-0.1, -0.05) is 89.6 Å². The number of hydrogen-bond acceptors (Lipinski definition) is 2. The van der Waals surface area contributed by atoms with Gasteiger partial charge in [-0.05, 0) is 96.8 Å². The SMILES string of the molecule is CC(C)(C)c1ccc(-c2nc3ccccc3n2C2(C)CCCCC2)c(Br)c1-c1nc2ccccc2n1C1(C)CCCCC1. The largest absolute Gasteiger partial charge is 0.318 e. The van der Waals surface area contributed by atoms with Crippen LogP contribution in [-0.4, -0.2) is 19.1 Å². The lowest BCUT2D eigenvalue weighted by Crippen LogP contribution is -2.33. The van der Waals surface area contributed by atoms with Gasteiger partial charge in [-0.3, -0.25) is 0 Å². The van der Waals surface area contributed by atoms with Crippen molar-refractivity contribution in [3.63, 3.8) is 0 Å². The van der Waals surface area contributed by atoms with Crippen molar-refractivity contribution >= 4 is 38.0 Å². The van der Waals surface area contributed by atoms with Crippen LogP contribution in [0, 0.1) is 0 Å². The molecule has 0 radical (unpaired) electrons. The van der Waals surface area contributed by atoms with Crippen molar-refractivity contribution in [3.8, 4) is 22.8 Å². The highest BCUT2D eigenvalue weighted by atomic mass is 79.9. The molecule has 0 N–H and O–H groups in total. The van der Waals surface area contributed by atoms with Crippen molar-refractivity contribution in [3.05, 3.63) is 70.7 Å². The number of imidazole rings is 2. The zero-order chi connectivity index (χ0) is 30.0. The lowest BCUT2D eigenvalue weighted by atomic mass is 9.80. The average Bonchev–Trinajstić information content (AvgIpc) is 3.57. The highest BCUT2D eigenvalue weighted by Crippen LogP contribution is 2.48. The van der Waals surface area contributed by atoms with Crippen LogP contribution >= 0.6 is 15.9 Å². The number of nitrogens with zero attached hydrogens (tertiary/aromatic N) is 4. The third-order valence-corrected chi connectivity index (χ3v) is 11.3. The van der Waals surface area contributed by atoms with Crippen LogP contribution in [0.3, 0.4) is 0 Å². The Labute approximate surface area is 265 Å². The molecular formula is C38H45BrN4. The second-order valence-corrected chi connectivity index (χ2v) is 15.5. The molecule has 3 aromatic carbocycles. The van der Waals surface area contributed by atoms with Gasteiger partial charge in [0.1, 0.15) is 11.6 Å². The van der Waals surface area contributed by atoms with Crippen LogP contribution in [0.2, 0.25) is 0 Å². The maximum Gasteiger partial charge on any atom is 0.143 e. The van der Waals surface area contributed by atoms with Gasteiger partial charge in [0.2, 0.25) is 0 Å². The van der Waals surface area contributed by atoms with Crippen LogP contribution in [0.5, 0.6) is 0 Å². The number of rotatable bonds is 4. The van der Waals surface area contributed by atoms with Gasteiger partial charge in [0, 0.05) is 26.7 Å². The Hall–Kier alpha value is -2.92. The molecule has 2 aliphatic carbocycles. The van der Waals surface area contributed by atoms with E-state index in [1.165, 1.54) is 86.4 Å². The van der Waals surface area contributed by atoms with Crippen molar-refractivity contribution in [1.82, 2.24) is 19.1 Å². The molecule has 5 heteroatoms. The molecule has 224 valence electrons. The Morgan fingerprint density at radius 2 is 1.09 bits per heavy atom. The standard InChI is InChI=1S/C38H45BrN4/c1-36(2,3)27-21-20-26(34-40-28-16-8-10-18-30(28)42(34)37(4)22-12-6-13-23-37)33(39)32(27)35-41-29-17-9-11-19-31(29)43(35)38(5)24-14-7-15-25-38/h8-11,16-21H,6-7,12-15,22-25H2,1-5H3. The third kappa shape index (κ3) is 4.77. The van der Waals surface area contributed by atoms with Crippen molar-refractivity contribution in [2.24, 2.45) is 0 Å². The molecular weight excluding hydrogens is 592 g/mol. The molecule has 2 fully saturated rings. The first-order valence-corrected chi connectivity index (χ1v) is 17.2. The van der Waals surface area contributed by atoms with Gasteiger partial charge < -0.3 is 9.13 Å². The molecule has 2 heterocycles. The topological polar surface area (TPSA) is 35.6 Å². The normalized spacial score (nSPS) is 18.8. The number of fused-ring (bicyclic) bond motifs is 2. The average molecular weight is 638 g/mol. The predicted octanol–water partition coefficient (Wildman–Crippen LogP) is 11.1. The fourth-order valence-corrected chi connectivity index (χ4v) is 8.86. The second kappa shape index (κ2) is 10.6. The summed E-state index contributed by atoms with van der Waals surface area (Å²) < 4.78 is 6.28. The summed E-state index contributed by atoms with van der Waals surface area (Å²) in [5.74, 6) is 2.14. The summed E-state index contributed by atoms with van der Waals surface area (Å²) in [5, 5.41) is 0. The molecule has 0 spiro atoms. The summed E-state index contributed by atoms with van der Waals surface area (Å²) in [4.78, 5) is 10.8. The van der Waals surface area contributed by atoms with E-state index in [1.54, 1.807) is 0 Å². The molecule has 7 rings (SSSR count). The monoisotopic (exact) mass is 636 g/mol. The Kier molecular flexibility index (Phi) is 7.11. The minimum Gasteiger partial charge on any atom is -0.318 e. The molecule has 2 saturated carbocycles. The van der Waals surface area contributed by atoms with Gasteiger partial charge >= 0.3 is 0 Å². The maximum absolute atomic E-state index is 5.45. The van der Waals surface area contributed by atoms with E-state index in [4.69, 9.17) is 9.97 Å². The number of hydrogen-bond donors (Lipinski definition) is 0. The molecule has 0 unspecified atom stereocenters. The van der Waals surface area contributed by atoms with Crippen LogP contribution in [0.15, 0.2) is 65.1 Å². The van der Waals surface area contributed by atoms with Gasteiger partial charge in [-0.15, -0.1) is 0 Å². The lowest BCUT2D eigenvalue weighted by Gasteiger charge is -2.38. The van der Waals surface area contributed by atoms with Crippen LogP contribution in [0.1, 0.15) is 104 Å². The van der Waals surface area contributed by atoms with E-state index >= 15 is 0 Å². The molecule has 4 nitrogen and oxygen atoms in total. The van der Waals surface area contributed by atoms with E-state index < -0.39 is 0 Å². The fraction of sp³-hybridized carbons (Fsp3) is 0.474. The zero-order valence-electron chi connectivity index (χ0n) is 26.5. The summed E-state index contributed by atoms with van der Waals surface area (Å²) in [6.45, 7) is 11.9. The molecule has 43 heavy (non-hydrogen) atoms. The molecule has 0 amide bonds. The fourth-order valence-electron chi connectivity index (χ4n) is 8.16. The first kappa shape index (κ1) is 28.8. The van der Waals surface area contributed by atoms with Gasteiger partial charge in [0.05, 0.1) is 22.1 Å². The first-order valence-electron chi connectivity index (χ1n) is 16.4. The van der Waals surface area contributed by atoms with Crippen LogP contribution in [0.25, 0.3) is 44.8 Å². The zero-order valence-corrected chi connectivity index (χ0v) is 28.1. The second-order valence-electron chi connectivity index (χ2n) is 14.7. The number of aromatic nitrogens is 4. The smallest absolute Gasteiger partial charge is 0.143 e. The van der Waals surface area contributed by atoms with E-state index in [2.05, 4.69) is 120 Å². The first-order chi connectivity index (χ1) is 20.6. The van der Waals surface area contributed by atoms with E-state index in [-0.39, 0.29) is 16.5 Å². The maximum atomic E-state index is 5.45. The molecule has 2 aliphatic rings. The van der Waals surface area contributed by atoms with Crippen LogP contribution in [0.4, 0.5) is 0 Å². The van der Waals surface area contributed by atoms with Gasteiger partial charge in [0.25, 0.3) is 0 Å². The molecule has 0 aliphatic heterocycles. The van der Waals surface area contributed by atoms with E-state index in [0.717, 1.165) is 32.7 Å². The Morgan fingerprint density at radius 3 is 1.60 bits per heavy atom. The summed E-state index contributed by atoms with van der Waals surface area (Å²) >= 11 is 4.26. The summed E-state index contributed by atoms with van der Waals surface area (Å²) in [5.41, 5.74) is 8.28. The molecule has 0 saturated heterocycles. The summed E-state index contributed by atoms with van der Waals surface area (Å²) in [7, 11) is 0. The Balaban J connectivity index is 1.54. The summed E-state index contributed by atoms with van der Waals surface area (Å²) in [6, 6.07) is 22.1. The third-order valence-electron chi connectivity index (χ3n) is 10.5. The van der Waals surface area contributed by atoms with Crippen LogP contribution < -0.4 is 0 Å². The Morgan fingerprint density at radius 1 is 0.628 bits per heavy atom. The highest BCUT2D eigenvalue weighted by molar-refractivity contribution is 9.10.